The van der Waals surface area contributed by atoms with Gasteiger partial charge in [-0.05, 0) is 18.6 Å². The third kappa shape index (κ3) is 1.65. The maximum Gasteiger partial charge on any atom is 0.312 e. The molecule has 0 radical (unpaired) electrons. The lowest BCUT2D eigenvalue weighted by atomic mass is 10.7. The molecule has 0 saturated carbocycles. The predicted molar refractivity (Wildman–Crippen MR) is 32.1 cm³/mol. The highest BCUT2D eigenvalue weighted by molar-refractivity contribution is 6.27. The summed E-state index contributed by atoms with van der Waals surface area (Å²) in [5, 5.41) is 9.96. The van der Waals surface area contributed by atoms with Crippen LogP contribution in [0.1, 0.15) is 5.89 Å². The highest BCUT2D eigenvalue weighted by Crippen LogP contribution is 2.03. The number of hydrogen-bond donors (Lipinski definition) is 1. The number of hydrogen-bond acceptors (Lipinski definition) is 4. The van der Waals surface area contributed by atoms with Gasteiger partial charge in [0.15, 0.2) is 0 Å². The van der Waals surface area contributed by atoms with Crippen molar-refractivity contribution in [2.75, 3.05) is 7.05 Å². The zero-order valence-electron chi connectivity index (χ0n) is 4.89. The van der Waals surface area contributed by atoms with Crippen LogP contribution >= 0.6 is 11.6 Å². The van der Waals surface area contributed by atoms with Crippen molar-refractivity contribution in [2.45, 2.75) is 6.54 Å². The smallest absolute Gasteiger partial charge is 0.312 e. The molecule has 50 valence electrons. The summed E-state index contributed by atoms with van der Waals surface area (Å²) in [6.45, 7) is 0.555. The van der Waals surface area contributed by atoms with Gasteiger partial charge in [-0.1, -0.05) is 5.10 Å². The van der Waals surface area contributed by atoms with Gasteiger partial charge in [-0.25, -0.2) is 0 Å². The lowest BCUT2D eigenvalue weighted by Crippen LogP contribution is -2.04. The Labute approximate surface area is 57.2 Å². The molecule has 1 rings (SSSR count). The van der Waals surface area contributed by atoms with Crippen LogP contribution in [0.25, 0.3) is 0 Å². The van der Waals surface area contributed by atoms with Gasteiger partial charge in [0, 0.05) is 0 Å². The molecule has 0 aliphatic carbocycles. The highest BCUT2D eigenvalue weighted by atomic mass is 35.5. The van der Waals surface area contributed by atoms with E-state index in [1.54, 1.807) is 7.05 Å². The molecule has 4 nitrogen and oxygen atoms in total. The lowest BCUT2D eigenvalue weighted by Gasteiger charge is -1.86. The summed E-state index contributed by atoms with van der Waals surface area (Å²) < 4.78 is 4.80. The standard InChI is InChI=1S/C4H6ClN3O/c1-6-2-3-7-8-4(5)9-3/h6H,2H2,1H3. The maximum atomic E-state index is 5.33. The average Bonchev–Trinajstić information content (AvgIpc) is 2.17. The second kappa shape index (κ2) is 2.80. The van der Waals surface area contributed by atoms with E-state index in [0.717, 1.165) is 0 Å². The van der Waals surface area contributed by atoms with Gasteiger partial charge in [0.1, 0.15) is 0 Å². The fraction of sp³-hybridized carbons (Fsp3) is 0.500. The summed E-state index contributed by atoms with van der Waals surface area (Å²) in [5.74, 6) is 0.502. The molecule has 0 aliphatic heterocycles. The zero-order valence-corrected chi connectivity index (χ0v) is 5.64. The Bertz CT molecular complexity index is 188. The van der Waals surface area contributed by atoms with Gasteiger partial charge in [-0.15, -0.1) is 5.10 Å². The second-order valence-corrected chi connectivity index (χ2v) is 1.80. The normalized spacial score (nSPS) is 10.0. The van der Waals surface area contributed by atoms with Gasteiger partial charge >= 0.3 is 5.35 Å². The molecule has 9 heavy (non-hydrogen) atoms. The topological polar surface area (TPSA) is 51.0 Å². The maximum absolute atomic E-state index is 5.33. The SMILES string of the molecule is CNCc1nnc(Cl)o1. The van der Waals surface area contributed by atoms with Crippen LogP contribution in [0.15, 0.2) is 4.42 Å². The summed E-state index contributed by atoms with van der Waals surface area (Å²) >= 11 is 5.33. The van der Waals surface area contributed by atoms with E-state index in [2.05, 4.69) is 15.5 Å². The fourth-order valence-corrected chi connectivity index (χ4v) is 0.583. The Morgan fingerprint density at radius 3 is 2.89 bits per heavy atom. The van der Waals surface area contributed by atoms with Crippen molar-refractivity contribution in [1.29, 1.82) is 0 Å². The third-order valence-corrected chi connectivity index (χ3v) is 0.923. The number of halogens is 1. The monoisotopic (exact) mass is 147 g/mol. The van der Waals surface area contributed by atoms with Crippen molar-refractivity contribution in [2.24, 2.45) is 0 Å². The van der Waals surface area contributed by atoms with Crippen LogP contribution in [0.2, 0.25) is 5.35 Å². The van der Waals surface area contributed by atoms with Gasteiger partial charge in [-0.3, -0.25) is 0 Å². The molecule has 0 fully saturated rings. The Hall–Kier alpha value is -0.610. The molecule has 0 aliphatic rings. The van der Waals surface area contributed by atoms with Gasteiger partial charge in [-0.2, -0.15) is 0 Å². The van der Waals surface area contributed by atoms with Crippen molar-refractivity contribution in [1.82, 2.24) is 15.5 Å². The molecular weight excluding hydrogens is 142 g/mol. The van der Waals surface area contributed by atoms with E-state index < -0.39 is 0 Å². The van der Waals surface area contributed by atoms with Crippen LogP contribution in [0.5, 0.6) is 0 Å². The molecule has 0 unspecified atom stereocenters. The number of rotatable bonds is 2. The fourth-order valence-electron chi connectivity index (χ4n) is 0.456. The van der Waals surface area contributed by atoms with Crippen LogP contribution in [0.3, 0.4) is 0 Å². The van der Waals surface area contributed by atoms with Crippen LogP contribution < -0.4 is 5.32 Å². The van der Waals surface area contributed by atoms with Gasteiger partial charge in [0.05, 0.1) is 6.54 Å². The molecule has 0 amide bonds. The molecule has 0 saturated heterocycles. The third-order valence-electron chi connectivity index (χ3n) is 0.770. The van der Waals surface area contributed by atoms with Gasteiger partial charge < -0.3 is 9.73 Å². The number of nitrogens with zero attached hydrogens (tertiary/aromatic N) is 2. The molecule has 1 N–H and O–H groups in total. The van der Waals surface area contributed by atoms with Gasteiger partial charge in [0.25, 0.3) is 0 Å². The largest absolute Gasteiger partial charge is 0.411 e. The minimum atomic E-state index is 0.0836. The van der Waals surface area contributed by atoms with Crippen LogP contribution in [0, 0.1) is 0 Å². The van der Waals surface area contributed by atoms with Crippen molar-refractivity contribution >= 4 is 11.6 Å². The van der Waals surface area contributed by atoms with Crippen LogP contribution in [-0.2, 0) is 6.54 Å². The number of nitrogens with one attached hydrogen (secondary N) is 1. The Morgan fingerprint density at radius 2 is 2.44 bits per heavy atom. The van der Waals surface area contributed by atoms with Crippen molar-refractivity contribution in [3.05, 3.63) is 11.2 Å². The summed E-state index contributed by atoms with van der Waals surface area (Å²) in [4.78, 5) is 0. The van der Waals surface area contributed by atoms with Crippen LogP contribution in [-0.4, -0.2) is 17.2 Å². The zero-order chi connectivity index (χ0) is 6.69. The second-order valence-electron chi connectivity index (χ2n) is 1.48. The minimum absolute atomic E-state index is 0.0836. The Kier molecular flexibility index (Phi) is 2.02. The first kappa shape index (κ1) is 6.51. The predicted octanol–water partition coefficient (Wildman–Crippen LogP) is 0.442. The molecule has 5 heteroatoms. The summed E-state index contributed by atoms with van der Waals surface area (Å²) in [5.41, 5.74) is 0. The average molecular weight is 148 g/mol. The van der Waals surface area contributed by atoms with E-state index in [1.165, 1.54) is 0 Å². The quantitative estimate of drug-likeness (QED) is 0.660. The molecule has 0 bridgehead atoms. The molecule has 1 heterocycles. The van der Waals surface area contributed by atoms with E-state index in [1.807, 2.05) is 0 Å². The molecular formula is C4H6ClN3O. The molecule has 1 aromatic heterocycles. The van der Waals surface area contributed by atoms with Crippen molar-refractivity contribution in [3.63, 3.8) is 0 Å². The summed E-state index contributed by atoms with van der Waals surface area (Å²) in [6, 6.07) is 0. The van der Waals surface area contributed by atoms with Crippen molar-refractivity contribution < 1.29 is 4.42 Å². The summed E-state index contributed by atoms with van der Waals surface area (Å²) in [6.07, 6.45) is 0. The first-order chi connectivity index (χ1) is 4.33. The molecule has 0 aromatic carbocycles. The number of aromatic nitrogens is 2. The van der Waals surface area contributed by atoms with E-state index >= 15 is 0 Å². The first-order valence-electron chi connectivity index (χ1n) is 2.45. The van der Waals surface area contributed by atoms with Crippen LogP contribution in [0.4, 0.5) is 0 Å². The summed E-state index contributed by atoms with van der Waals surface area (Å²) in [7, 11) is 1.79. The molecule has 1 aromatic rings. The minimum Gasteiger partial charge on any atom is -0.411 e. The van der Waals surface area contributed by atoms with Gasteiger partial charge in [0.2, 0.25) is 5.89 Å². The van der Waals surface area contributed by atoms with Crippen molar-refractivity contribution in [3.8, 4) is 0 Å². The lowest BCUT2D eigenvalue weighted by molar-refractivity contribution is 0.481. The Morgan fingerprint density at radius 1 is 1.67 bits per heavy atom. The molecule has 0 spiro atoms. The molecule has 0 atom stereocenters. The van der Waals surface area contributed by atoms with E-state index in [0.29, 0.717) is 12.4 Å². The van der Waals surface area contributed by atoms with E-state index in [9.17, 15) is 0 Å². The van der Waals surface area contributed by atoms with E-state index in [4.69, 9.17) is 16.0 Å². The highest BCUT2D eigenvalue weighted by Gasteiger charge is 1.99. The van der Waals surface area contributed by atoms with E-state index in [-0.39, 0.29) is 5.35 Å². The first-order valence-corrected chi connectivity index (χ1v) is 2.83. The Balaban J connectivity index is 2.61.